The molecule has 0 spiro atoms. The van der Waals surface area contributed by atoms with Gasteiger partial charge >= 0.3 is 0 Å². The van der Waals surface area contributed by atoms with Crippen molar-refractivity contribution in [3.63, 3.8) is 0 Å². The molecule has 11 nitrogen and oxygen atoms in total. The summed E-state index contributed by atoms with van der Waals surface area (Å²) in [5.41, 5.74) is 0. The Morgan fingerprint density at radius 1 is 0.188 bits per heavy atom. The van der Waals surface area contributed by atoms with Crippen molar-refractivity contribution in [3.05, 3.63) is 0 Å². The van der Waals surface area contributed by atoms with Gasteiger partial charge in [-0.2, -0.15) is 0 Å². The van der Waals surface area contributed by atoms with Crippen molar-refractivity contribution in [1.82, 2.24) is 58.5 Å². The topological polar surface area (TPSA) is 132 Å². The van der Waals surface area contributed by atoms with Gasteiger partial charge in [0, 0.05) is 105 Å². The van der Waals surface area contributed by atoms with Crippen molar-refractivity contribution in [2.75, 3.05) is 58.9 Å². The maximum absolute atomic E-state index is 3.65. The number of piperidine rings is 6. The van der Waals surface area contributed by atoms with Gasteiger partial charge in [-0.05, 0) is 236 Å². The van der Waals surface area contributed by atoms with Crippen molar-refractivity contribution in [2.24, 2.45) is 29.6 Å². The third kappa shape index (κ3) is 16.5. The van der Waals surface area contributed by atoms with E-state index in [2.05, 4.69) is 58.5 Å². The number of rotatable bonds is 0. The Morgan fingerprint density at radius 2 is 0.435 bits per heavy atom. The van der Waals surface area contributed by atoms with E-state index >= 15 is 0 Å². The van der Waals surface area contributed by atoms with Gasteiger partial charge in [0.25, 0.3) is 0 Å². The molecule has 18 fully saturated rings. The average Bonchev–Trinajstić information content (AvgIpc) is 4.24. The molecule has 18 rings (SSSR count). The lowest BCUT2D eigenvalue weighted by atomic mass is 9.87. The lowest BCUT2D eigenvalue weighted by molar-refractivity contribution is 0.243. The van der Waals surface area contributed by atoms with Crippen LogP contribution in [0, 0.1) is 29.6 Å². The molecule has 0 amide bonds. The first-order valence-corrected chi connectivity index (χ1v) is 31.2. The first-order valence-electron chi connectivity index (χ1n) is 31.2. The molecule has 10 unspecified atom stereocenters. The first-order chi connectivity index (χ1) is 34.1. The highest BCUT2D eigenvalue weighted by Gasteiger charge is 2.34. The highest BCUT2D eigenvalue weighted by molar-refractivity contribution is 4.94. The van der Waals surface area contributed by atoms with E-state index in [0.29, 0.717) is 0 Å². The van der Waals surface area contributed by atoms with Crippen LogP contribution in [0.4, 0.5) is 0 Å². The largest absolute Gasteiger partial charge is 0.316 e. The van der Waals surface area contributed by atoms with Gasteiger partial charge in [-0.25, -0.2) is 0 Å². The normalized spacial score (nSPS) is 45.9. The quantitative estimate of drug-likeness (QED) is 0.129. The molecular weight excluding hydrogens is 851 g/mol. The van der Waals surface area contributed by atoms with Gasteiger partial charge in [0.1, 0.15) is 0 Å². The van der Waals surface area contributed by atoms with Gasteiger partial charge in [0.05, 0.1) is 0 Å². The molecule has 14 saturated heterocycles. The van der Waals surface area contributed by atoms with Crippen molar-refractivity contribution < 1.29 is 0 Å². The summed E-state index contributed by atoms with van der Waals surface area (Å²) in [5, 5.41) is 38.4. The smallest absolute Gasteiger partial charge is 0.0196 e. The summed E-state index contributed by atoms with van der Waals surface area (Å²) in [6.07, 6.45) is 45.1. The summed E-state index contributed by atoms with van der Waals surface area (Å²) >= 11 is 0. The Kier molecular flexibility index (Phi) is 20.6. The summed E-state index contributed by atoms with van der Waals surface area (Å²) < 4.78 is 0. The SMILES string of the molecule is C1CC2CC1CN2.C1CC2CCC(C1)N2.C1CC2CCC1N2.C1CC2CCCC(C1)N2.C1CC2CNCC1N2.C1CC2CNCC1N2.C1CC2CNCC2C1.C1C[C@@H]2C[C@H]1CN2.C1C[C@@H]2C[C@H]1CN2. The van der Waals surface area contributed by atoms with E-state index in [0.717, 1.165) is 108 Å². The number of fused-ring (bicyclic) bond motifs is 17. The molecule has 0 aromatic heterocycles. The molecule has 396 valence electrons. The summed E-state index contributed by atoms with van der Waals surface area (Å²) in [6, 6.07) is 11.4. The number of hydrogen-bond donors (Lipinski definition) is 11. The Morgan fingerprint density at radius 3 is 0.652 bits per heavy atom. The molecule has 4 saturated carbocycles. The lowest BCUT2D eigenvalue weighted by Gasteiger charge is -2.35. The Bertz CT molecular complexity index is 1150. The van der Waals surface area contributed by atoms with Gasteiger partial charge in [-0.15, -0.1) is 0 Å². The Hall–Kier alpha value is -0.440. The van der Waals surface area contributed by atoms with Crippen LogP contribution in [0.5, 0.6) is 0 Å². The summed E-state index contributed by atoms with van der Waals surface area (Å²) in [7, 11) is 0. The predicted octanol–water partition coefficient (Wildman–Crippen LogP) is 6.57. The van der Waals surface area contributed by atoms with E-state index in [1.54, 1.807) is 0 Å². The van der Waals surface area contributed by atoms with Crippen LogP contribution in [-0.4, -0.2) is 137 Å². The van der Waals surface area contributed by atoms with Gasteiger partial charge < -0.3 is 58.5 Å². The molecule has 16 bridgehead atoms. The van der Waals surface area contributed by atoms with Crippen LogP contribution in [-0.2, 0) is 0 Å². The number of hydrogen-bond acceptors (Lipinski definition) is 11. The monoisotopic (exact) mass is 960 g/mol. The third-order valence-corrected chi connectivity index (χ3v) is 20.9. The second kappa shape index (κ2) is 27.4. The number of nitrogens with one attached hydrogen (secondary N) is 11. The molecule has 14 heterocycles. The molecule has 14 aliphatic heterocycles. The number of piperazine rings is 2. The Labute approximate surface area is 423 Å². The Balaban J connectivity index is 0.0000000903. The van der Waals surface area contributed by atoms with E-state index in [1.165, 1.54) is 258 Å². The molecule has 0 radical (unpaired) electrons. The van der Waals surface area contributed by atoms with Crippen molar-refractivity contribution in [3.8, 4) is 0 Å². The average molecular weight is 961 g/mol. The summed E-state index contributed by atoms with van der Waals surface area (Å²) in [5.74, 6) is 5.31. The van der Waals surface area contributed by atoms with Crippen LogP contribution in [0.3, 0.4) is 0 Å². The van der Waals surface area contributed by atoms with E-state index in [9.17, 15) is 0 Å². The minimum atomic E-state index is 0.800. The first kappa shape index (κ1) is 52.0. The van der Waals surface area contributed by atoms with Gasteiger partial charge in [0.15, 0.2) is 0 Å². The second-order valence-electron chi connectivity index (χ2n) is 26.3. The predicted molar refractivity (Wildman–Crippen MR) is 288 cm³/mol. The second-order valence-corrected chi connectivity index (χ2v) is 26.3. The molecular formula is C58H109N11. The van der Waals surface area contributed by atoms with Crippen LogP contribution in [0.2, 0.25) is 0 Å². The van der Waals surface area contributed by atoms with Crippen molar-refractivity contribution in [1.29, 1.82) is 0 Å². The molecule has 18 aliphatic rings. The fraction of sp³-hybridized carbons (Fsp3) is 1.00. The highest BCUT2D eigenvalue weighted by Crippen LogP contribution is 2.34. The minimum Gasteiger partial charge on any atom is -0.316 e. The fourth-order valence-electron chi connectivity index (χ4n) is 16.7. The van der Waals surface area contributed by atoms with Crippen molar-refractivity contribution >= 4 is 0 Å². The zero-order chi connectivity index (χ0) is 46.5. The van der Waals surface area contributed by atoms with E-state index in [-0.39, 0.29) is 0 Å². The van der Waals surface area contributed by atoms with Crippen LogP contribution in [0.25, 0.3) is 0 Å². The van der Waals surface area contributed by atoms with E-state index in [4.69, 9.17) is 0 Å². The standard InChI is InChI=1S/C8H15N.2C7H13N.2C6H12N2.4C6H11N/c1-3-7-5-2-6-8(4-1)9-7;1-2-6-4-8-5-7(6)3-1;1-2-6-4-5-7(3-1)8-6;2*1-2-6-4-7-3-5(1)8-6;3*1-2-6-3-5(1)4-7-6;1-2-6-4-3-5(1)7-6/h7-9H,1-6H2;2*6-8H,1-5H2;2*5-8H,1-4H2;4*5-7H,1-4H2/t;;;;;2*5-,6+;;/m.....00../s1. The van der Waals surface area contributed by atoms with Gasteiger partial charge in [-0.3, -0.25) is 0 Å². The summed E-state index contributed by atoms with van der Waals surface area (Å²) in [6.45, 7) is 11.3. The molecule has 0 aromatic carbocycles. The minimum absolute atomic E-state index is 0.800. The van der Waals surface area contributed by atoms with Gasteiger partial charge in [-0.1, -0.05) is 25.7 Å². The fourth-order valence-corrected chi connectivity index (χ4v) is 16.7. The molecule has 11 N–H and O–H groups in total. The summed E-state index contributed by atoms with van der Waals surface area (Å²) in [4.78, 5) is 0. The van der Waals surface area contributed by atoms with E-state index < -0.39 is 0 Å². The van der Waals surface area contributed by atoms with Crippen LogP contribution >= 0.6 is 0 Å². The van der Waals surface area contributed by atoms with E-state index in [1.807, 2.05) is 0 Å². The lowest BCUT2D eigenvalue weighted by Crippen LogP contribution is -2.48. The highest BCUT2D eigenvalue weighted by atomic mass is 15.1. The molecule has 14 atom stereocenters. The zero-order valence-corrected chi connectivity index (χ0v) is 44.2. The molecule has 4 aliphatic carbocycles. The van der Waals surface area contributed by atoms with Crippen LogP contribution in [0.15, 0.2) is 0 Å². The van der Waals surface area contributed by atoms with Crippen LogP contribution < -0.4 is 58.5 Å². The zero-order valence-electron chi connectivity index (χ0n) is 44.2. The maximum Gasteiger partial charge on any atom is 0.0196 e. The third-order valence-electron chi connectivity index (χ3n) is 20.9. The molecule has 0 aromatic rings. The molecule has 69 heavy (non-hydrogen) atoms. The maximum atomic E-state index is 3.65. The van der Waals surface area contributed by atoms with Gasteiger partial charge in [0.2, 0.25) is 0 Å². The van der Waals surface area contributed by atoms with Crippen LogP contribution in [0.1, 0.15) is 199 Å². The molecule has 11 heteroatoms. The van der Waals surface area contributed by atoms with Crippen molar-refractivity contribution in [2.45, 2.75) is 278 Å².